The zero-order valence-corrected chi connectivity index (χ0v) is 10.8. The molecule has 1 aliphatic heterocycles. The molecule has 1 saturated heterocycles. The zero-order valence-electron chi connectivity index (χ0n) is 9.19. The molecule has 1 fully saturated rings. The summed E-state index contributed by atoms with van der Waals surface area (Å²) in [7, 11) is 0. The monoisotopic (exact) mass is 262 g/mol. The van der Waals surface area contributed by atoms with Gasteiger partial charge in [0.25, 0.3) is 0 Å². The van der Waals surface area contributed by atoms with Gasteiger partial charge in [-0.1, -0.05) is 0 Å². The molecule has 1 unspecified atom stereocenters. The molecule has 0 radical (unpaired) electrons. The molecule has 16 heavy (non-hydrogen) atoms. The van der Waals surface area contributed by atoms with Crippen LogP contribution in [0.3, 0.4) is 0 Å². The summed E-state index contributed by atoms with van der Waals surface area (Å²) in [5.74, 6) is 0. The Morgan fingerprint density at radius 2 is 2.44 bits per heavy atom. The molecular formula is C10H16Cl2N4. The molecular weight excluding hydrogens is 247 g/mol. The Bertz CT molecular complexity index is 334. The number of halogens is 2. The summed E-state index contributed by atoms with van der Waals surface area (Å²) in [4.78, 5) is 10.4. The molecule has 0 spiro atoms. The number of hydrogen-bond donors (Lipinski definition) is 1. The van der Waals surface area contributed by atoms with Gasteiger partial charge in [-0.3, -0.25) is 4.90 Å². The van der Waals surface area contributed by atoms with Gasteiger partial charge in [0.2, 0.25) is 5.28 Å². The highest BCUT2D eigenvalue weighted by Gasteiger charge is 2.15. The average molecular weight is 263 g/mol. The zero-order chi connectivity index (χ0) is 10.7. The maximum Gasteiger partial charge on any atom is 0.222 e. The van der Waals surface area contributed by atoms with Crippen LogP contribution in [0.1, 0.15) is 12.6 Å². The molecule has 1 aromatic rings. The van der Waals surface area contributed by atoms with E-state index in [-0.39, 0.29) is 12.4 Å². The van der Waals surface area contributed by atoms with Gasteiger partial charge in [-0.15, -0.1) is 12.4 Å². The van der Waals surface area contributed by atoms with Crippen molar-refractivity contribution in [2.45, 2.75) is 19.5 Å². The van der Waals surface area contributed by atoms with Gasteiger partial charge in [0.1, 0.15) is 0 Å². The molecule has 90 valence electrons. The van der Waals surface area contributed by atoms with Gasteiger partial charge in [-0.2, -0.15) is 0 Å². The van der Waals surface area contributed by atoms with Gasteiger partial charge in [0.05, 0.1) is 5.69 Å². The topological polar surface area (TPSA) is 41.1 Å². The van der Waals surface area contributed by atoms with Gasteiger partial charge in [-0.05, 0) is 24.6 Å². The van der Waals surface area contributed by atoms with Crippen LogP contribution in [-0.4, -0.2) is 40.5 Å². The van der Waals surface area contributed by atoms with Crippen LogP contribution >= 0.6 is 24.0 Å². The number of rotatable bonds is 2. The summed E-state index contributed by atoms with van der Waals surface area (Å²) in [6.07, 6.45) is 1.70. The third kappa shape index (κ3) is 3.87. The molecule has 1 N–H and O–H groups in total. The molecule has 0 aromatic carbocycles. The first-order valence-corrected chi connectivity index (χ1v) is 5.55. The first-order chi connectivity index (χ1) is 7.24. The minimum absolute atomic E-state index is 0. The molecule has 4 nitrogen and oxygen atoms in total. The lowest BCUT2D eigenvalue weighted by Gasteiger charge is -2.31. The summed E-state index contributed by atoms with van der Waals surface area (Å²) in [5.41, 5.74) is 0.990. The predicted molar refractivity (Wildman–Crippen MR) is 67.0 cm³/mol. The lowest BCUT2D eigenvalue weighted by atomic mass is 10.2. The molecule has 1 aromatic heterocycles. The van der Waals surface area contributed by atoms with E-state index in [4.69, 9.17) is 11.6 Å². The number of nitrogens with one attached hydrogen (secondary N) is 1. The summed E-state index contributed by atoms with van der Waals surface area (Å²) < 4.78 is 0. The second-order valence-electron chi connectivity index (χ2n) is 3.91. The number of hydrogen-bond acceptors (Lipinski definition) is 4. The quantitative estimate of drug-likeness (QED) is 0.818. The van der Waals surface area contributed by atoms with Gasteiger partial charge in [0, 0.05) is 38.4 Å². The van der Waals surface area contributed by atoms with Gasteiger partial charge in [-0.25, -0.2) is 9.97 Å². The molecule has 2 rings (SSSR count). The van der Waals surface area contributed by atoms with E-state index in [0.717, 1.165) is 31.9 Å². The van der Waals surface area contributed by atoms with Crippen molar-refractivity contribution in [3.63, 3.8) is 0 Å². The lowest BCUT2D eigenvalue weighted by molar-refractivity contribution is 0.197. The summed E-state index contributed by atoms with van der Waals surface area (Å²) >= 11 is 5.74. The van der Waals surface area contributed by atoms with Crippen LogP contribution in [0.2, 0.25) is 5.28 Å². The van der Waals surface area contributed by atoms with Crippen LogP contribution in [-0.2, 0) is 6.54 Å². The number of aromatic nitrogens is 2. The first-order valence-electron chi connectivity index (χ1n) is 5.17. The fraction of sp³-hybridized carbons (Fsp3) is 0.600. The fourth-order valence-electron chi connectivity index (χ4n) is 1.84. The highest BCUT2D eigenvalue weighted by molar-refractivity contribution is 6.28. The Morgan fingerprint density at radius 1 is 1.62 bits per heavy atom. The standard InChI is InChI=1S/C10H15ClN4.ClH/c1-8-6-15(5-4-12-8)7-9-2-3-13-10(11)14-9;/h2-3,8,12H,4-7H2,1H3;1H. The Balaban J connectivity index is 0.00000128. The van der Waals surface area contributed by atoms with Crippen LogP contribution in [0.25, 0.3) is 0 Å². The smallest absolute Gasteiger partial charge is 0.222 e. The number of piperazine rings is 1. The maximum absolute atomic E-state index is 5.74. The Kier molecular flexibility index (Phi) is 5.41. The van der Waals surface area contributed by atoms with Crippen LogP contribution in [0.4, 0.5) is 0 Å². The second kappa shape index (κ2) is 6.35. The highest BCUT2D eigenvalue weighted by atomic mass is 35.5. The van der Waals surface area contributed by atoms with Crippen molar-refractivity contribution in [1.82, 2.24) is 20.2 Å². The van der Waals surface area contributed by atoms with E-state index in [1.807, 2.05) is 6.07 Å². The van der Waals surface area contributed by atoms with Gasteiger partial charge in [0.15, 0.2) is 0 Å². The van der Waals surface area contributed by atoms with Crippen molar-refractivity contribution < 1.29 is 0 Å². The lowest BCUT2D eigenvalue weighted by Crippen LogP contribution is -2.48. The van der Waals surface area contributed by atoms with Crippen molar-refractivity contribution in [1.29, 1.82) is 0 Å². The first kappa shape index (κ1) is 13.6. The second-order valence-corrected chi connectivity index (χ2v) is 4.25. The third-order valence-electron chi connectivity index (χ3n) is 2.52. The molecule has 0 aliphatic carbocycles. The van der Waals surface area contributed by atoms with Crippen molar-refractivity contribution in [2.24, 2.45) is 0 Å². The molecule has 0 saturated carbocycles. The average Bonchev–Trinajstić information content (AvgIpc) is 2.17. The molecule has 6 heteroatoms. The van der Waals surface area contributed by atoms with E-state index in [2.05, 4.69) is 27.1 Å². The van der Waals surface area contributed by atoms with Crippen molar-refractivity contribution in [3.05, 3.63) is 23.2 Å². The molecule has 1 atom stereocenters. The van der Waals surface area contributed by atoms with Crippen molar-refractivity contribution >= 4 is 24.0 Å². The Hall–Kier alpha value is -0.420. The molecule has 0 bridgehead atoms. The largest absolute Gasteiger partial charge is 0.312 e. The maximum atomic E-state index is 5.74. The molecule has 1 aliphatic rings. The van der Waals surface area contributed by atoms with E-state index < -0.39 is 0 Å². The van der Waals surface area contributed by atoms with E-state index in [0.29, 0.717) is 11.3 Å². The SMILES string of the molecule is CC1CN(Cc2ccnc(Cl)n2)CCN1.Cl. The minimum Gasteiger partial charge on any atom is -0.312 e. The van der Waals surface area contributed by atoms with Crippen LogP contribution in [0, 0.1) is 0 Å². The van der Waals surface area contributed by atoms with Gasteiger partial charge >= 0.3 is 0 Å². The van der Waals surface area contributed by atoms with Gasteiger partial charge < -0.3 is 5.32 Å². The third-order valence-corrected chi connectivity index (χ3v) is 2.70. The number of nitrogens with zero attached hydrogens (tertiary/aromatic N) is 3. The van der Waals surface area contributed by atoms with Crippen LogP contribution < -0.4 is 5.32 Å². The van der Waals surface area contributed by atoms with E-state index in [1.165, 1.54) is 0 Å². The van der Waals surface area contributed by atoms with E-state index >= 15 is 0 Å². The van der Waals surface area contributed by atoms with E-state index in [1.54, 1.807) is 6.20 Å². The van der Waals surface area contributed by atoms with Crippen molar-refractivity contribution in [3.8, 4) is 0 Å². The Labute approximate surface area is 107 Å². The minimum atomic E-state index is 0. The molecule has 0 amide bonds. The Morgan fingerprint density at radius 3 is 3.12 bits per heavy atom. The predicted octanol–water partition coefficient (Wildman–Crippen LogP) is 1.35. The molecule has 2 heterocycles. The summed E-state index contributed by atoms with van der Waals surface area (Å²) in [5, 5.41) is 3.74. The van der Waals surface area contributed by atoms with Crippen LogP contribution in [0.15, 0.2) is 12.3 Å². The van der Waals surface area contributed by atoms with E-state index in [9.17, 15) is 0 Å². The van der Waals surface area contributed by atoms with Crippen LogP contribution in [0.5, 0.6) is 0 Å². The normalized spacial score (nSPS) is 21.5. The highest BCUT2D eigenvalue weighted by Crippen LogP contribution is 2.07. The van der Waals surface area contributed by atoms with Crippen molar-refractivity contribution in [2.75, 3.05) is 19.6 Å². The summed E-state index contributed by atoms with van der Waals surface area (Å²) in [6, 6.07) is 2.47. The summed E-state index contributed by atoms with van der Waals surface area (Å²) in [6.45, 7) is 6.21. The fourth-order valence-corrected chi connectivity index (χ4v) is 2.01.